The van der Waals surface area contributed by atoms with Gasteiger partial charge >= 0.3 is 0 Å². The van der Waals surface area contributed by atoms with Crippen molar-refractivity contribution in [2.45, 2.75) is 35.4 Å². The van der Waals surface area contributed by atoms with Crippen LogP contribution in [0.15, 0.2) is 60.7 Å². The largest absolute Gasteiger partial charge is 0.134 e. The lowest BCUT2D eigenvalue weighted by Crippen LogP contribution is -2.61. The van der Waals surface area contributed by atoms with E-state index in [9.17, 15) is 0 Å². The molecule has 0 nitrogen and oxygen atoms in total. The predicted octanol–water partition coefficient (Wildman–Crippen LogP) is 11.4. The van der Waals surface area contributed by atoms with Crippen LogP contribution < -0.4 is 0 Å². The highest BCUT2D eigenvalue weighted by Crippen LogP contribution is 2.70. The number of halogens is 10. The Morgan fingerprint density at radius 3 is 1.33 bits per heavy atom. The summed E-state index contributed by atoms with van der Waals surface area (Å²) >= 11 is 39.5. The molecule has 0 amide bonds. The van der Waals surface area contributed by atoms with Crippen LogP contribution in [0.5, 0.6) is 0 Å². The first-order chi connectivity index (χ1) is 13.7. The zero-order valence-corrected chi connectivity index (χ0v) is 31.2. The molecule has 0 radical (unpaired) electrons. The summed E-state index contributed by atoms with van der Waals surface area (Å²) in [6.45, 7) is 2.09. The lowest BCUT2D eigenvalue weighted by molar-refractivity contribution is 0.574. The third kappa shape index (κ3) is 5.33. The monoisotopic (exact) mass is 1050 g/mol. The van der Waals surface area contributed by atoms with Crippen LogP contribution in [0, 0.1) is 0 Å². The molecule has 2 aromatic carbocycles. The maximum absolute atomic E-state index is 4.13. The van der Waals surface area contributed by atoms with Crippen molar-refractivity contribution in [3.8, 4) is 0 Å². The van der Waals surface area contributed by atoms with Crippen molar-refractivity contribution in [1.29, 1.82) is 0 Å². The van der Waals surface area contributed by atoms with Gasteiger partial charge in [-0.05, 0) is 17.5 Å². The van der Waals surface area contributed by atoms with Gasteiger partial charge in [0.1, 0.15) is 12.9 Å². The van der Waals surface area contributed by atoms with E-state index in [2.05, 4.69) is 190 Å². The summed E-state index contributed by atoms with van der Waals surface area (Å²) in [5.41, 5.74) is 2.23. The van der Waals surface area contributed by atoms with Crippen molar-refractivity contribution in [2.24, 2.45) is 0 Å². The summed E-state index contributed by atoms with van der Waals surface area (Å²) in [6.07, 6.45) is 0.794. The minimum absolute atomic E-state index is 0.205. The molecule has 0 aromatic heterocycles. The van der Waals surface area contributed by atoms with Gasteiger partial charge in [-0.3, -0.25) is 0 Å². The average molecular weight is 1060 g/mol. The number of benzene rings is 2. The van der Waals surface area contributed by atoms with Gasteiger partial charge in [0.15, 0.2) is 0 Å². The smallest absolute Gasteiger partial charge is 0.0842 e. The van der Waals surface area contributed by atoms with Gasteiger partial charge in [0.2, 0.25) is 0 Å². The number of alkyl halides is 10. The molecular formula is C20H16Br10. The Kier molecular flexibility index (Phi) is 10.9. The Morgan fingerprint density at radius 1 is 0.633 bits per heavy atom. The van der Waals surface area contributed by atoms with Gasteiger partial charge in [-0.25, -0.2) is 0 Å². The summed E-state index contributed by atoms with van der Waals surface area (Å²) in [5.74, 6) is 0. The topological polar surface area (TPSA) is 0 Å². The summed E-state index contributed by atoms with van der Waals surface area (Å²) in [7, 11) is 0. The number of hydrogen-bond acceptors (Lipinski definition) is 0. The van der Waals surface area contributed by atoms with Crippen molar-refractivity contribution < 1.29 is 0 Å². The van der Waals surface area contributed by atoms with Crippen LogP contribution >= 0.6 is 159 Å². The highest BCUT2D eigenvalue weighted by molar-refractivity contribution is 9.34. The van der Waals surface area contributed by atoms with Gasteiger partial charge in [-0.15, -0.1) is 0 Å². The molecule has 0 bridgehead atoms. The van der Waals surface area contributed by atoms with Crippen LogP contribution in [0.25, 0.3) is 0 Å². The summed E-state index contributed by atoms with van der Waals surface area (Å²) in [6, 6.07) is 20.7. The lowest BCUT2D eigenvalue weighted by atomic mass is 9.86. The molecule has 0 spiro atoms. The molecule has 1 unspecified atom stereocenters. The second-order valence-corrected chi connectivity index (χ2v) is 23.0. The average Bonchev–Trinajstić information content (AvgIpc) is 2.73. The fourth-order valence-corrected chi connectivity index (χ4v) is 12.2. The van der Waals surface area contributed by atoms with E-state index < -0.39 is 17.3 Å². The van der Waals surface area contributed by atoms with E-state index in [-0.39, 0.29) is 4.83 Å². The predicted molar refractivity (Wildman–Crippen MR) is 168 cm³/mol. The number of hydrogen-bond donors (Lipinski definition) is 0. The molecule has 0 N–H and O–H groups in total. The zero-order valence-electron chi connectivity index (χ0n) is 15.3. The number of rotatable bonds is 8. The van der Waals surface area contributed by atoms with Gasteiger partial charge in [-0.1, -0.05) is 227 Å². The zero-order chi connectivity index (χ0) is 23.0. The Balaban J connectivity index is 2.69. The molecule has 2 aromatic rings. The lowest BCUT2D eigenvalue weighted by Gasteiger charge is -2.52. The van der Waals surface area contributed by atoms with Crippen molar-refractivity contribution in [3.63, 3.8) is 0 Å². The van der Waals surface area contributed by atoms with E-state index in [4.69, 9.17) is 0 Å². The van der Waals surface area contributed by atoms with Crippen molar-refractivity contribution in [1.82, 2.24) is 0 Å². The maximum atomic E-state index is 4.13. The third-order valence-corrected chi connectivity index (χ3v) is 25.1. The van der Waals surface area contributed by atoms with E-state index in [1.807, 2.05) is 36.4 Å². The van der Waals surface area contributed by atoms with Gasteiger partial charge < -0.3 is 0 Å². The van der Waals surface area contributed by atoms with Crippen LogP contribution in [0.3, 0.4) is 0 Å². The molecule has 0 aliphatic heterocycles. The van der Waals surface area contributed by atoms with Crippen LogP contribution in [-0.2, 0) is 4.32 Å². The molecule has 2 rings (SSSR count). The standard InChI is InChI=1S/C20H16Br10/c1-2-16(22,23)19(27,28)20(29,30)18(25,26)15(21)17(24,13-9-5-3-6-10-13)14-11-7-4-8-12-14/h3-12,15H,2H2,1H3. The van der Waals surface area contributed by atoms with Gasteiger partial charge in [0, 0.05) is 0 Å². The third-order valence-electron chi connectivity index (χ3n) is 4.77. The van der Waals surface area contributed by atoms with Crippen LogP contribution in [0.1, 0.15) is 24.5 Å². The van der Waals surface area contributed by atoms with Crippen molar-refractivity contribution in [3.05, 3.63) is 71.8 Å². The minimum atomic E-state index is -0.764. The first-order valence-electron chi connectivity index (χ1n) is 8.63. The molecular weight excluding hydrogens is 1040 g/mol. The van der Waals surface area contributed by atoms with Crippen LogP contribution in [-0.4, -0.2) is 17.8 Å². The quantitative estimate of drug-likeness (QED) is 0.231. The minimum Gasteiger partial charge on any atom is -0.0842 e. The maximum Gasteiger partial charge on any atom is 0.134 e. The SMILES string of the molecule is CCC(Br)(Br)C(Br)(Br)C(Br)(Br)C(Br)(Br)C(Br)C(Br)(c1ccccc1)c1ccccc1. The molecule has 0 aliphatic carbocycles. The first kappa shape index (κ1) is 29.5. The molecule has 30 heavy (non-hydrogen) atoms. The van der Waals surface area contributed by atoms with E-state index in [0.29, 0.717) is 0 Å². The van der Waals surface area contributed by atoms with Gasteiger partial charge in [0.25, 0.3) is 0 Å². The highest BCUT2D eigenvalue weighted by atomic mass is 79.9. The van der Waals surface area contributed by atoms with Crippen molar-refractivity contribution in [2.75, 3.05) is 0 Å². The van der Waals surface area contributed by atoms with E-state index in [0.717, 1.165) is 17.5 Å². The molecule has 1 atom stereocenters. The fourth-order valence-electron chi connectivity index (χ4n) is 2.89. The Bertz CT molecular complexity index is 794. The van der Waals surface area contributed by atoms with E-state index in [1.54, 1.807) is 0 Å². The second kappa shape index (κ2) is 11.1. The van der Waals surface area contributed by atoms with Crippen LogP contribution in [0.4, 0.5) is 0 Å². The van der Waals surface area contributed by atoms with Crippen LogP contribution in [0.2, 0.25) is 0 Å². The van der Waals surface area contributed by atoms with Crippen molar-refractivity contribution >= 4 is 159 Å². The Labute approximate surface area is 262 Å². The molecule has 0 aliphatic rings. The Morgan fingerprint density at radius 2 is 1.00 bits per heavy atom. The summed E-state index contributed by atoms with van der Waals surface area (Å²) in [5, 5.41) is 0. The first-order valence-corrected chi connectivity index (χ1v) is 16.7. The summed E-state index contributed by atoms with van der Waals surface area (Å²) < 4.78 is -3.24. The van der Waals surface area contributed by atoms with E-state index >= 15 is 0 Å². The molecule has 0 saturated carbocycles. The Hall–Kier alpha value is 3.24. The molecule has 0 heterocycles. The molecule has 10 heteroatoms. The fraction of sp³-hybridized carbons (Fsp3) is 0.400. The second-order valence-electron chi connectivity index (χ2n) is 6.64. The van der Waals surface area contributed by atoms with E-state index in [1.165, 1.54) is 0 Å². The molecule has 166 valence electrons. The highest BCUT2D eigenvalue weighted by Gasteiger charge is 2.68. The normalized spacial score (nSPS) is 15.2. The summed E-state index contributed by atoms with van der Waals surface area (Å²) in [4.78, 5) is -0.205. The molecule has 0 saturated heterocycles. The van der Waals surface area contributed by atoms with Gasteiger partial charge in [-0.2, -0.15) is 0 Å². The van der Waals surface area contributed by atoms with Gasteiger partial charge in [0.05, 0.1) is 9.15 Å². The molecule has 0 fully saturated rings.